The van der Waals surface area contributed by atoms with Crippen LogP contribution in [-0.4, -0.2) is 12.1 Å². The fraction of sp³-hybridized carbons (Fsp3) is 0.211. The fourth-order valence-electron chi connectivity index (χ4n) is 2.87. The SMILES string of the molecule is CC1=C([O-])O[C@@]1(c1ccccc1)[C@H](C)OC(=O)c1ccccc1.[Li+]. The molecule has 1 heterocycles. The second kappa shape index (κ2) is 7.17. The maximum absolute atomic E-state index is 12.3. The third-order valence-corrected chi connectivity index (χ3v) is 4.19. The van der Waals surface area contributed by atoms with E-state index < -0.39 is 17.7 Å². The third-order valence-electron chi connectivity index (χ3n) is 4.19. The van der Waals surface area contributed by atoms with Gasteiger partial charge >= 0.3 is 24.8 Å². The summed E-state index contributed by atoms with van der Waals surface area (Å²) in [4.78, 5) is 12.3. The van der Waals surface area contributed by atoms with Crippen LogP contribution in [0.25, 0.3) is 0 Å². The molecule has 2 aromatic rings. The maximum atomic E-state index is 12.3. The smallest absolute Gasteiger partial charge is 0.594 e. The van der Waals surface area contributed by atoms with Gasteiger partial charge < -0.3 is 14.6 Å². The molecule has 0 unspecified atom stereocenters. The van der Waals surface area contributed by atoms with Gasteiger partial charge in [0.15, 0.2) is 0 Å². The van der Waals surface area contributed by atoms with Gasteiger partial charge in [-0.25, -0.2) is 4.79 Å². The first kappa shape index (κ1) is 18.2. The first-order chi connectivity index (χ1) is 11.1. The Kier molecular flexibility index (Phi) is 5.43. The average molecular weight is 316 g/mol. The van der Waals surface area contributed by atoms with Crippen molar-refractivity contribution in [3.05, 3.63) is 83.3 Å². The molecule has 0 radical (unpaired) electrons. The van der Waals surface area contributed by atoms with Gasteiger partial charge in [-0.15, -0.1) is 0 Å². The topological polar surface area (TPSA) is 58.6 Å². The van der Waals surface area contributed by atoms with Crippen molar-refractivity contribution in [1.29, 1.82) is 0 Å². The van der Waals surface area contributed by atoms with Crippen molar-refractivity contribution in [3.8, 4) is 0 Å². The van der Waals surface area contributed by atoms with Crippen LogP contribution in [-0.2, 0) is 15.1 Å². The van der Waals surface area contributed by atoms with Crippen molar-refractivity contribution in [2.75, 3.05) is 0 Å². The van der Waals surface area contributed by atoms with Gasteiger partial charge in [0.1, 0.15) is 11.7 Å². The normalized spacial score (nSPS) is 20.2. The van der Waals surface area contributed by atoms with Gasteiger partial charge in [0, 0.05) is 0 Å². The van der Waals surface area contributed by atoms with E-state index in [1.807, 2.05) is 36.4 Å². The molecule has 0 fully saturated rings. The van der Waals surface area contributed by atoms with Crippen molar-refractivity contribution in [2.45, 2.75) is 25.6 Å². The number of esters is 1. The average Bonchev–Trinajstić information content (AvgIpc) is 2.60. The summed E-state index contributed by atoms with van der Waals surface area (Å²) in [7, 11) is 0. The number of rotatable bonds is 4. The zero-order valence-corrected chi connectivity index (χ0v) is 14.0. The Hall–Kier alpha value is -2.15. The molecule has 0 amide bonds. The molecule has 0 aromatic heterocycles. The standard InChI is InChI=1S/C19H18O4.Li/c1-13-17(20)23-19(13,16-11-7-4-8-12-16)14(2)22-18(21)15-9-5-3-6-10-15;/h3-12,14,20H,1-2H3;/q;+1/p-1/t14-,19+;/m0./s1. The van der Waals surface area contributed by atoms with Gasteiger partial charge in [-0.1, -0.05) is 48.5 Å². The zero-order chi connectivity index (χ0) is 16.4. The zero-order valence-electron chi connectivity index (χ0n) is 14.0. The van der Waals surface area contributed by atoms with Gasteiger partial charge in [0.2, 0.25) is 0 Å². The van der Waals surface area contributed by atoms with Crippen molar-refractivity contribution in [2.24, 2.45) is 0 Å². The molecule has 3 rings (SSSR count). The number of hydrogen-bond acceptors (Lipinski definition) is 4. The number of carbonyl (C=O) groups is 1. The van der Waals surface area contributed by atoms with Crippen LogP contribution >= 0.6 is 0 Å². The van der Waals surface area contributed by atoms with Crippen molar-refractivity contribution in [3.63, 3.8) is 0 Å². The first-order valence-electron chi connectivity index (χ1n) is 7.44. The summed E-state index contributed by atoms with van der Waals surface area (Å²) >= 11 is 0. The van der Waals surface area contributed by atoms with Crippen LogP contribution in [0.5, 0.6) is 0 Å². The van der Waals surface area contributed by atoms with E-state index in [4.69, 9.17) is 9.47 Å². The van der Waals surface area contributed by atoms with E-state index in [1.165, 1.54) is 0 Å². The largest absolute Gasteiger partial charge is 1.00 e. The molecule has 1 aliphatic rings. The summed E-state index contributed by atoms with van der Waals surface area (Å²) in [5, 5.41) is 11.7. The van der Waals surface area contributed by atoms with Gasteiger partial charge in [0.05, 0.1) is 11.5 Å². The van der Waals surface area contributed by atoms with E-state index in [-0.39, 0.29) is 24.8 Å². The molecular weight excluding hydrogens is 299 g/mol. The Bertz CT molecular complexity index is 742. The number of hydrogen-bond donors (Lipinski definition) is 0. The third kappa shape index (κ3) is 2.95. The molecule has 1 aliphatic heterocycles. The number of benzene rings is 2. The molecule has 0 bridgehead atoms. The Morgan fingerprint density at radius 3 is 2.12 bits per heavy atom. The molecule has 24 heavy (non-hydrogen) atoms. The molecule has 0 N–H and O–H groups in total. The molecular formula is C19H17LiO4. The molecule has 118 valence electrons. The summed E-state index contributed by atoms with van der Waals surface area (Å²) < 4.78 is 11.1. The molecule has 0 aliphatic carbocycles. The first-order valence-corrected chi connectivity index (χ1v) is 7.44. The maximum Gasteiger partial charge on any atom is 1.00 e. The molecule has 2 atom stereocenters. The Balaban J connectivity index is 0.00000208. The van der Waals surface area contributed by atoms with Crippen molar-refractivity contribution in [1.82, 2.24) is 0 Å². The van der Waals surface area contributed by atoms with Gasteiger partial charge in [0.25, 0.3) is 0 Å². The van der Waals surface area contributed by atoms with Crippen LogP contribution in [0.4, 0.5) is 0 Å². The number of carbonyl (C=O) groups excluding carboxylic acids is 1. The Labute approximate surface area is 153 Å². The number of ether oxygens (including phenoxy) is 2. The molecule has 0 spiro atoms. The molecule has 0 saturated carbocycles. The Morgan fingerprint density at radius 2 is 1.62 bits per heavy atom. The monoisotopic (exact) mass is 316 g/mol. The van der Waals surface area contributed by atoms with E-state index in [9.17, 15) is 9.90 Å². The quantitative estimate of drug-likeness (QED) is 0.577. The van der Waals surface area contributed by atoms with Gasteiger partial charge in [-0.2, -0.15) is 0 Å². The summed E-state index contributed by atoms with van der Waals surface area (Å²) in [5.41, 5.74) is 0.788. The van der Waals surface area contributed by atoms with E-state index in [1.54, 1.807) is 38.1 Å². The van der Waals surface area contributed by atoms with Crippen LogP contribution in [0, 0.1) is 0 Å². The van der Waals surface area contributed by atoms with Crippen LogP contribution in [0.1, 0.15) is 29.8 Å². The van der Waals surface area contributed by atoms with Crippen LogP contribution in [0.2, 0.25) is 0 Å². The minimum Gasteiger partial charge on any atom is -0.594 e. The Morgan fingerprint density at radius 1 is 1.08 bits per heavy atom. The van der Waals surface area contributed by atoms with E-state index in [0.717, 1.165) is 5.56 Å². The summed E-state index contributed by atoms with van der Waals surface area (Å²) in [6, 6.07) is 18.1. The van der Waals surface area contributed by atoms with E-state index in [0.29, 0.717) is 11.1 Å². The predicted molar refractivity (Wildman–Crippen MR) is 83.2 cm³/mol. The van der Waals surface area contributed by atoms with E-state index in [2.05, 4.69) is 0 Å². The van der Waals surface area contributed by atoms with Crippen LogP contribution in [0.15, 0.2) is 72.2 Å². The minimum atomic E-state index is -1.01. The van der Waals surface area contributed by atoms with Gasteiger partial charge in [-0.3, -0.25) is 0 Å². The summed E-state index contributed by atoms with van der Waals surface area (Å²) in [5.74, 6) is -0.805. The van der Waals surface area contributed by atoms with Crippen LogP contribution < -0.4 is 24.0 Å². The van der Waals surface area contributed by atoms with E-state index >= 15 is 0 Å². The second-order valence-corrected chi connectivity index (χ2v) is 5.53. The van der Waals surface area contributed by atoms with Crippen LogP contribution in [0.3, 0.4) is 0 Å². The minimum absolute atomic E-state index is 0. The molecule has 4 nitrogen and oxygen atoms in total. The summed E-state index contributed by atoms with van der Waals surface area (Å²) in [6.45, 7) is 3.45. The van der Waals surface area contributed by atoms with Crippen molar-refractivity contribution >= 4 is 5.97 Å². The summed E-state index contributed by atoms with van der Waals surface area (Å²) in [6.07, 6.45) is -0.629. The molecule has 2 aromatic carbocycles. The molecule has 0 saturated heterocycles. The predicted octanol–water partition coefficient (Wildman–Crippen LogP) is -0.247. The van der Waals surface area contributed by atoms with Crippen molar-refractivity contribution < 1.29 is 38.2 Å². The van der Waals surface area contributed by atoms with Gasteiger partial charge in [-0.05, 0) is 37.1 Å². The molecule has 5 heteroatoms. The fourth-order valence-corrected chi connectivity index (χ4v) is 2.87. The second-order valence-electron chi connectivity index (χ2n) is 5.53.